The summed E-state index contributed by atoms with van der Waals surface area (Å²) in [6, 6.07) is 11.5. The van der Waals surface area contributed by atoms with Crippen LogP contribution in [0.5, 0.6) is 0 Å². The lowest BCUT2D eigenvalue weighted by molar-refractivity contribution is -0.113. The molecule has 0 bridgehead atoms. The lowest BCUT2D eigenvalue weighted by Gasteiger charge is -2.05. The van der Waals surface area contributed by atoms with Gasteiger partial charge in [-0.3, -0.25) is 4.79 Å². The number of hydrogen-bond acceptors (Lipinski definition) is 2. The topological polar surface area (TPSA) is 29.1 Å². The molecule has 5 heteroatoms. The molecule has 0 fully saturated rings. The number of anilines is 1. The summed E-state index contributed by atoms with van der Waals surface area (Å²) in [5.41, 5.74) is 0.547. The average molecular weight is 279 g/mol. The van der Waals surface area contributed by atoms with Gasteiger partial charge in [-0.25, -0.2) is 8.78 Å². The first-order valence-corrected chi connectivity index (χ1v) is 6.56. The van der Waals surface area contributed by atoms with Crippen LogP contribution in [0.4, 0.5) is 14.5 Å². The van der Waals surface area contributed by atoms with Crippen LogP contribution in [0.3, 0.4) is 0 Å². The summed E-state index contributed by atoms with van der Waals surface area (Å²) in [6.07, 6.45) is 0. The third kappa shape index (κ3) is 4.37. The highest BCUT2D eigenvalue weighted by atomic mass is 32.2. The van der Waals surface area contributed by atoms with E-state index in [1.807, 2.05) is 0 Å². The van der Waals surface area contributed by atoms with E-state index in [-0.39, 0.29) is 23.3 Å². The second kappa shape index (κ2) is 6.33. The maximum Gasteiger partial charge on any atom is 0.234 e. The molecule has 2 rings (SSSR count). The Balaban J connectivity index is 1.84. The highest BCUT2D eigenvalue weighted by Crippen LogP contribution is 2.18. The molecule has 1 amide bonds. The van der Waals surface area contributed by atoms with Crippen LogP contribution >= 0.6 is 11.8 Å². The molecule has 1 N–H and O–H groups in total. The van der Waals surface area contributed by atoms with Gasteiger partial charge in [0.25, 0.3) is 0 Å². The predicted octanol–water partition coefficient (Wildman–Crippen LogP) is 3.70. The van der Waals surface area contributed by atoms with Crippen molar-refractivity contribution >= 4 is 23.4 Å². The van der Waals surface area contributed by atoms with E-state index in [2.05, 4.69) is 5.32 Å². The van der Waals surface area contributed by atoms with Gasteiger partial charge in [-0.05, 0) is 48.5 Å². The Morgan fingerprint density at radius 3 is 2.05 bits per heavy atom. The number of carbonyl (C=O) groups excluding carboxylic acids is 1. The summed E-state index contributed by atoms with van der Waals surface area (Å²) >= 11 is 1.31. The minimum Gasteiger partial charge on any atom is -0.325 e. The third-order valence-corrected chi connectivity index (χ3v) is 3.32. The number of rotatable bonds is 4. The molecule has 0 saturated carbocycles. The number of halogens is 2. The Labute approximate surface area is 113 Å². The lowest BCUT2D eigenvalue weighted by atomic mass is 10.3. The van der Waals surface area contributed by atoms with Crippen LogP contribution in [0.1, 0.15) is 0 Å². The van der Waals surface area contributed by atoms with Crippen LogP contribution in [-0.2, 0) is 4.79 Å². The molecule has 98 valence electrons. The minimum atomic E-state index is -0.348. The molecular weight excluding hydrogens is 268 g/mol. The highest BCUT2D eigenvalue weighted by molar-refractivity contribution is 8.00. The molecule has 0 saturated heterocycles. The molecule has 2 aromatic rings. The van der Waals surface area contributed by atoms with Crippen LogP contribution in [0, 0.1) is 11.6 Å². The zero-order chi connectivity index (χ0) is 13.7. The van der Waals surface area contributed by atoms with Crippen LogP contribution < -0.4 is 5.32 Å². The summed E-state index contributed by atoms with van der Waals surface area (Å²) in [6.45, 7) is 0. The number of benzene rings is 2. The van der Waals surface area contributed by atoms with Crippen molar-refractivity contribution in [3.05, 3.63) is 60.2 Å². The molecule has 0 atom stereocenters. The van der Waals surface area contributed by atoms with Crippen molar-refractivity contribution in [2.75, 3.05) is 11.1 Å². The van der Waals surface area contributed by atoms with E-state index in [1.54, 1.807) is 12.1 Å². The number of hydrogen-bond donors (Lipinski definition) is 1. The Hall–Kier alpha value is -1.88. The summed E-state index contributed by atoms with van der Waals surface area (Å²) < 4.78 is 25.4. The fourth-order valence-electron chi connectivity index (χ4n) is 1.41. The average Bonchev–Trinajstić information content (AvgIpc) is 2.41. The molecule has 19 heavy (non-hydrogen) atoms. The maximum atomic E-state index is 12.7. The number of carbonyl (C=O) groups is 1. The van der Waals surface area contributed by atoms with Crippen LogP contribution in [0.25, 0.3) is 0 Å². The quantitative estimate of drug-likeness (QED) is 0.865. The van der Waals surface area contributed by atoms with Gasteiger partial charge >= 0.3 is 0 Å². The van der Waals surface area contributed by atoms with E-state index < -0.39 is 0 Å². The van der Waals surface area contributed by atoms with Crippen molar-refractivity contribution in [1.29, 1.82) is 0 Å². The fraction of sp³-hybridized carbons (Fsp3) is 0.0714. The van der Waals surface area contributed by atoms with Crippen molar-refractivity contribution < 1.29 is 13.6 Å². The summed E-state index contributed by atoms with van der Waals surface area (Å²) in [4.78, 5) is 12.5. The largest absolute Gasteiger partial charge is 0.325 e. The van der Waals surface area contributed by atoms with Crippen molar-refractivity contribution in [3.8, 4) is 0 Å². The van der Waals surface area contributed by atoms with Crippen molar-refractivity contribution in [2.45, 2.75) is 4.90 Å². The van der Waals surface area contributed by atoms with E-state index >= 15 is 0 Å². The van der Waals surface area contributed by atoms with Crippen molar-refractivity contribution in [2.24, 2.45) is 0 Å². The first-order valence-electron chi connectivity index (χ1n) is 5.57. The molecule has 2 aromatic carbocycles. The normalized spacial score (nSPS) is 10.2. The van der Waals surface area contributed by atoms with Crippen LogP contribution in [0.2, 0.25) is 0 Å². The van der Waals surface area contributed by atoms with Gasteiger partial charge in [0.2, 0.25) is 5.91 Å². The first kappa shape index (κ1) is 13.5. The molecule has 0 aromatic heterocycles. The van der Waals surface area contributed by atoms with Gasteiger partial charge in [-0.1, -0.05) is 0 Å². The summed E-state index contributed by atoms with van der Waals surface area (Å²) in [5.74, 6) is -0.636. The zero-order valence-corrected chi connectivity index (χ0v) is 10.7. The summed E-state index contributed by atoms with van der Waals surface area (Å²) in [5, 5.41) is 2.65. The van der Waals surface area contributed by atoms with E-state index in [1.165, 1.54) is 48.2 Å². The Kier molecular flexibility index (Phi) is 4.52. The molecule has 0 aliphatic rings. The predicted molar refractivity (Wildman–Crippen MR) is 72.2 cm³/mol. The maximum absolute atomic E-state index is 12.7. The molecule has 0 heterocycles. The van der Waals surface area contributed by atoms with E-state index in [0.29, 0.717) is 5.69 Å². The number of amides is 1. The van der Waals surface area contributed by atoms with Gasteiger partial charge in [-0.2, -0.15) is 0 Å². The molecule has 0 unspecified atom stereocenters. The number of nitrogens with one attached hydrogen (secondary N) is 1. The Morgan fingerprint density at radius 2 is 1.47 bits per heavy atom. The SMILES string of the molecule is O=C(CSc1ccc(F)cc1)Nc1ccc(F)cc1. The second-order valence-electron chi connectivity index (χ2n) is 3.80. The van der Waals surface area contributed by atoms with Gasteiger partial charge in [-0.15, -0.1) is 11.8 Å². The molecule has 2 nitrogen and oxygen atoms in total. The third-order valence-electron chi connectivity index (χ3n) is 2.31. The molecule has 0 spiro atoms. The van der Waals surface area contributed by atoms with Crippen LogP contribution in [-0.4, -0.2) is 11.7 Å². The zero-order valence-electron chi connectivity index (χ0n) is 9.90. The van der Waals surface area contributed by atoms with E-state index in [9.17, 15) is 13.6 Å². The molecule has 0 radical (unpaired) electrons. The van der Waals surface area contributed by atoms with E-state index in [4.69, 9.17) is 0 Å². The molecular formula is C14H11F2NOS. The highest BCUT2D eigenvalue weighted by Gasteiger charge is 2.04. The molecule has 0 aliphatic carbocycles. The van der Waals surface area contributed by atoms with Gasteiger partial charge in [0, 0.05) is 10.6 Å². The Bertz CT molecular complexity index is 555. The van der Waals surface area contributed by atoms with Gasteiger partial charge < -0.3 is 5.32 Å². The molecule has 0 aliphatic heterocycles. The summed E-state index contributed by atoms with van der Waals surface area (Å²) in [7, 11) is 0. The van der Waals surface area contributed by atoms with Crippen LogP contribution in [0.15, 0.2) is 53.4 Å². The van der Waals surface area contributed by atoms with Gasteiger partial charge in [0.15, 0.2) is 0 Å². The van der Waals surface area contributed by atoms with E-state index in [0.717, 1.165) is 4.90 Å². The lowest BCUT2D eigenvalue weighted by Crippen LogP contribution is -2.13. The smallest absolute Gasteiger partial charge is 0.234 e. The van der Waals surface area contributed by atoms with Gasteiger partial charge in [0.05, 0.1) is 5.75 Å². The first-order chi connectivity index (χ1) is 9.13. The van der Waals surface area contributed by atoms with Crippen molar-refractivity contribution in [3.63, 3.8) is 0 Å². The monoisotopic (exact) mass is 279 g/mol. The second-order valence-corrected chi connectivity index (χ2v) is 4.85. The minimum absolute atomic E-state index is 0.194. The van der Waals surface area contributed by atoms with Gasteiger partial charge in [0.1, 0.15) is 11.6 Å². The Morgan fingerprint density at radius 1 is 0.947 bits per heavy atom. The standard InChI is InChI=1S/C14H11F2NOS/c15-10-1-5-12(6-2-10)17-14(18)9-19-13-7-3-11(16)4-8-13/h1-8H,9H2,(H,17,18). The van der Waals surface area contributed by atoms with Crippen molar-refractivity contribution in [1.82, 2.24) is 0 Å². The number of thioether (sulfide) groups is 1. The fourth-order valence-corrected chi connectivity index (χ4v) is 2.11.